The number of primary amides is 1. The van der Waals surface area contributed by atoms with Crippen molar-refractivity contribution in [2.75, 3.05) is 33.1 Å². The average molecular weight is 611 g/mol. The molecule has 0 spiro atoms. The number of ketones is 2. The third kappa shape index (κ3) is 4.76. The number of hydrogen-bond acceptors (Lipinski definition) is 10. The predicted octanol–water partition coefficient (Wildman–Crippen LogP) is 2.13. The Kier molecular flexibility index (Phi) is 7.80. The van der Waals surface area contributed by atoms with Crippen LogP contribution in [0.5, 0.6) is 5.75 Å². The summed E-state index contributed by atoms with van der Waals surface area (Å²) in [6, 6.07) is 8.07. The van der Waals surface area contributed by atoms with E-state index in [0.29, 0.717) is 28.4 Å². The van der Waals surface area contributed by atoms with E-state index in [9.17, 15) is 34.8 Å². The van der Waals surface area contributed by atoms with Gasteiger partial charge >= 0.3 is 0 Å². The van der Waals surface area contributed by atoms with Crippen molar-refractivity contribution in [1.29, 1.82) is 0 Å². The van der Waals surface area contributed by atoms with Gasteiger partial charge in [-0.15, -0.1) is 0 Å². The van der Waals surface area contributed by atoms with Crippen LogP contribution >= 0.6 is 11.6 Å². The molecule has 11 nitrogen and oxygen atoms in total. The largest absolute Gasteiger partial charge is 0.510 e. The number of nitrogens with one attached hydrogen (secondary N) is 1. The molecule has 43 heavy (non-hydrogen) atoms. The molecule has 0 aliphatic heterocycles. The molecule has 12 heteroatoms. The first kappa shape index (κ1) is 30.6. The third-order valence-corrected chi connectivity index (χ3v) is 9.07. The Morgan fingerprint density at radius 3 is 2.33 bits per heavy atom. The molecule has 1 amide bonds. The van der Waals surface area contributed by atoms with Crippen molar-refractivity contribution >= 4 is 34.8 Å². The van der Waals surface area contributed by atoms with Gasteiger partial charge in [-0.2, -0.15) is 0 Å². The van der Waals surface area contributed by atoms with Crippen molar-refractivity contribution < 1.29 is 34.8 Å². The van der Waals surface area contributed by atoms with Crippen LogP contribution in [0.1, 0.15) is 33.5 Å². The predicted molar refractivity (Wildman–Crippen MR) is 160 cm³/mol. The van der Waals surface area contributed by atoms with Crippen LogP contribution in [0.2, 0.25) is 5.02 Å². The molecular formula is C31H35ClN4O7. The van der Waals surface area contributed by atoms with Gasteiger partial charge in [-0.1, -0.05) is 23.7 Å². The number of aliphatic hydroxyl groups excluding tert-OH is 2. The van der Waals surface area contributed by atoms with Crippen LogP contribution in [-0.2, 0) is 29.1 Å². The van der Waals surface area contributed by atoms with Crippen LogP contribution in [0.15, 0.2) is 53.0 Å². The number of phenolic OH excluding ortho intramolecular Hbond substituents is 1. The highest BCUT2D eigenvalue weighted by molar-refractivity contribution is 6.30. The molecule has 0 saturated heterocycles. The number of phenols is 1. The van der Waals surface area contributed by atoms with E-state index in [1.165, 1.54) is 4.90 Å². The molecule has 0 aromatic heterocycles. The summed E-state index contributed by atoms with van der Waals surface area (Å²) in [5, 5.41) is 49.5. The molecule has 0 unspecified atom stereocenters. The Morgan fingerprint density at radius 2 is 1.74 bits per heavy atom. The first-order chi connectivity index (χ1) is 20.2. The zero-order valence-corrected chi connectivity index (χ0v) is 25.1. The number of carbonyl (C=O) groups is 3. The Balaban J connectivity index is 1.59. The van der Waals surface area contributed by atoms with E-state index in [2.05, 4.69) is 5.32 Å². The molecule has 0 bridgehead atoms. The highest BCUT2D eigenvalue weighted by atomic mass is 35.5. The maximum Gasteiger partial charge on any atom is 0.255 e. The summed E-state index contributed by atoms with van der Waals surface area (Å²) in [6.07, 6.45) is 0.248. The molecule has 3 aliphatic rings. The quantitative estimate of drug-likeness (QED) is 0.255. The van der Waals surface area contributed by atoms with Crippen LogP contribution < -0.4 is 16.0 Å². The molecule has 5 rings (SSSR count). The van der Waals surface area contributed by atoms with E-state index >= 15 is 0 Å². The lowest BCUT2D eigenvalue weighted by molar-refractivity contribution is -0.148. The Morgan fingerprint density at radius 1 is 1.09 bits per heavy atom. The van der Waals surface area contributed by atoms with Gasteiger partial charge in [0.15, 0.2) is 11.4 Å². The van der Waals surface area contributed by atoms with Gasteiger partial charge in [-0.25, -0.2) is 0 Å². The summed E-state index contributed by atoms with van der Waals surface area (Å²) >= 11 is 5.97. The fourth-order valence-electron chi connectivity index (χ4n) is 6.83. The second-order valence-corrected chi connectivity index (χ2v) is 12.3. The number of nitrogens with two attached hydrogens (primary N) is 1. The number of carbonyl (C=O) groups excluding carboxylic acids is 3. The van der Waals surface area contributed by atoms with Crippen molar-refractivity contribution in [2.45, 2.75) is 37.6 Å². The zero-order chi connectivity index (χ0) is 31.5. The molecule has 0 heterocycles. The minimum absolute atomic E-state index is 0.0183. The first-order valence-electron chi connectivity index (χ1n) is 13.8. The fraction of sp³-hybridized carbons (Fsp3) is 0.387. The van der Waals surface area contributed by atoms with Gasteiger partial charge in [0.05, 0.1) is 11.6 Å². The van der Waals surface area contributed by atoms with E-state index in [-0.39, 0.29) is 36.3 Å². The molecule has 2 aromatic carbocycles. The number of amides is 1. The summed E-state index contributed by atoms with van der Waals surface area (Å²) in [4.78, 5) is 43.2. The summed E-state index contributed by atoms with van der Waals surface area (Å²) < 4.78 is 0. The molecule has 0 fully saturated rings. The highest BCUT2D eigenvalue weighted by Crippen LogP contribution is 2.53. The third-order valence-electron chi connectivity index (χ3n) is 8.82. The van der Waals surface area contributed by atoms with Gasteiger partial charge in [0.25, 0.3) is 5.91 Å². The molecule has 3 aliphatic carbocycles. The minimum Gasteiger partial charge on any atom is -0.510 e. The first-order valence-corrected chi connectivity index (χ1v) is 14.2. The Bertz CT molecular complexity index is 1600. The van der Waals surface area contributed by atoms with Crippen LogP contribution in [0, 0.1) is 11.8 Å². The van der Waals surface area contributed by atoms with Crippen LogP contribution in [-0.4, -0.2) is 82.6 Å². The SMILES string of the molecule is CN(C)c1cc(CNCc2ccc(Cl)cc2)c(O)c2c1C[C@H]1C[C@H]3[C@@H](N(C)C)C(O)=C(C(N)=O)C(=O)[C@@]3(O)C(O)=C1C2=O. The summed E-state index contributed by atoms with van der Waals surface area (Å²) in [7, 11) is 6.83. The summed E-state index contributed by atoms with van der Waals surface area (Å²) in [5.41, 5.74) is 4.37. The molecule has 4 atom stereocenters. The van der Waals surface area contributed by atoms with Crippen LogP contribution in [0.3, 0.4) is 0 Å². The fourth-order valence-corrected chi connectivity index (χ4v) is 6.96. The number of nitrogens with zero attached hydrogens (tertiary/aromatic N) is 2. The van der Waals surface area contributed by atoms with E-state index in [1.54, 1.807) is 26.2 Å². The average Bonchev–Trinajstić information content (AvgIpc) is 2.92. The van der Waals surface area contributed by atoms with Gasteiger partial charge in [-0.05, 0) is 62.2 Å². The minimum atomic E-state index is -2.68. The number of allylic oxidation sites excluding steroid dienone is 1. The van der Waals surface area contributed by atoms with E-state index < -0.39 is 58.0 Å². The molecule has 228 valence electrons. The van der Waals surface area contributed by atoms with Crippen LogP contribution in [0.4, 0.5) is 5.69 Å². The number of fused-ring (bicyclic) bond motifs is 3. The lowest BCUT2D eigenvalue weighted by Gasteiger charge is -2.50. The van der Waals surface area contributed by atoms with Gasteiger partial charge in [0.2, 0.25) is 5.78 Å². The maximum atomic E-state index is 14.1. The number of anilines is 1. The van der Waals surface area contributed by atoms with Gasteiger partial charge in [0.1, 0.15) is 22.8 Å². The van der Waals surface area contributed by atoms with Crippen molar-refractivity contribution in [1.82, 2.24) is 10.2 Å². The number of aliphatic hydroxyl groups is 3. The molecule has 0 radical (unpaired) electrons. The van der Waals surface area contributed by atoms with Crippen molar-refractivity contribution in [3.05, 3.63) is 80.3 Å². The number of rotatable bonds is 7. The lowest BCUT2D eigenvalue weighted by Crippen LogP contribution is -2.63. The van der Waals surface area contributed by atoms with E-state index in [4.69, 9.17) is 17.3 Å². The monoisotopic (exact) mass is 610 g/mol. The maximum absolute atomic E-state index is 14.1. The van der Waals surface area contributed by atoms with E-state index in [0.717, 1.165) is 5.56 Å². The molecule has 0 saturated carbocycles. The number of hydrogen-bond donors (Lipinski definition) is 6. The van der Waals surface area contributed by atoms with Gasteiger partial charge < -0.3 is 36.4 Å². The zero-order valence-electron chi connectivity index (χ0n) is 24.3. The smallest absolute Gasteiger partial charge is 0.255 e. The van der Waals surface area contributed by atoms with Crippen molar-refractivity contribution in [3.63, 3.8) is 0 Å². The number of benzene rings is 2. The molecule has 7 N–H and O–H groups in total. The summed E-state index contributed by atoms with van der Waals surface area (Å²) in [5.74, 6) is -6.71. The van der Waals surface area contributed by atoms with Crippen molar-refractivity contribution in [2.24, 2.45) is 17.6 Å². The number of likely N-dealkylation sites (N-methyl/N-ethyl adjacent to an activating group) is 1. The van der Waals surface area contributed by atoms with E-state index in [1.807, 2.05) is 37.2 Å². The molecular weight excluding hydrogens is 576 g/mol. The standard InChI is InChI=1S/C31H35ClN4O7/c1-35(2)20-11-16(13-34-12-14-5-7-17(32)8-6-14)25(37)22-18(20)9-15-10-19-24(36(3)4)27(39)23(30(33)42)29(41)31(19,43)28(40)21(15)26(22)38/h5-8,11,15,19,24,34,37,39-40,43H,9-10,12-13H2,1-4H3,(H2,33,42)/t15-,19-,24+,31-/m0/s1. The Hall–Kier alpha value is -3.90. The van der Waals surface area contributed by atoms with Crippen LogP contribution in [0.25, 0.3) is 0 Å². The number of halogens is 1. The normalized spacial score (nSPS) is 25.0. The molecule has 2 aromatic rings. The van der Waals surface area contributed by atoms with Gasteiger partial charge in [-0.3, -0.25) is 19.3 Å². The highest BCUT2D eigenvalue weighted by Gasteiger charge is 2.63. The number of Topliss-reactive ketones (excluding diaryl/α,β-unsaturated/α-hetero) is 2. The second kappa shape index (κ2) is 11.0. The second-order valence-electron chi connectivity index (χ2n) is 11.8. The lowest BCUT2D eigenvalue weighted by atomic mass is 9.58. The Labute approximate surface area is 253 Å². The van der Waals surface area contributed by atoms with Gasteiger partial charge in [0, 0.05) is 54.9 Å². The number of aromatic hydroxyl groups is 1. The van der Waals surface area contributed by atoms with Crippen molar-refractivity contribution in [3.8, 4) is 5.75 Å². The summed E-state index contributed by atoms with van der Waals surface area (Å²) in [6.45, 7) is 0.685. The topological polar surface area (TPSA) is 177 Å².